The minimum absolute atomic E-state index is 0.00463. The van der Waals surface area contributed by atoms with Gasteiger partial charge in [-0.2, -0.15) is 10.2 Å². The molecule has 2 heterocycles. The Labute approximate surface area is 361 Å². The molecule has 1 fully saturated rings. The predicted molar refractivity (Wildman–Crippen MR) is 236 cm³/mol. The van der Waals surface area contributed by atoms with Gasteiger partial charge in [0.25, 0.3) is 0 Å². The number of primary amides is 1. The zero-order chi connectivity index (χ0) is 49.3. The van der Waals surface area contributed by atoms with Crippen LogP contribution in [0, 0.1) is 13.8 Å². The third-order valence-corrected chi connectivity index (χ3v) is 4.37. The normalized spacial score (nSPS) is 9.20. The van der Waals surface area contributed by atoms with Gasteiger partial charge in [-0.15, -0.1) is 0 Å². The maximum atomic E-state index is 10.3. The molecule has 7 amide bonds. The second-order valence-corrected chi connectivity index (χ2v) is 12.8. The predicted octanol–water partition coefficient (Wildman–Crippen LogP) is 1.04. The highest BCUT2D eigenvalue weighted by Gasteiger charge is 2.21. The number of thiocarbonyl (C=S) groups is 1. The number of carbonyl (C=O) groups excluding carboxylic acids is 7. The summed E-state index contributed by atoms with van der Waals surface area (Å²) in [6.07, 6.45) is 5.57. The van der Waals surface area contributed by atoms with E-state index in [9.17, 15) is 33.6 Å². The number of aryl methyl sites for hydroxylation is 2. The van der Waals surface area contributed by atoms with Gasteiger partial charge in [0.15, 0.2) is 0 Å². The van der Waals surface area contributed by atoms with Crippen LogP contribution in [0.15, 0.2) is 18.6 Å². The van der Waals surface area contributed by atoms with E-state index in [0.717, 1.165) is 16.5 Å². The number of methoxy groups -OCH3 is 1. The Morgan fingerprint density at radius 3 is 1.18 bits per heavy atom. The molecule has 12 N–H and O–H groups in total. The molecule has 0 unspecified atom stereocenters. The largest absolute Gasteiger partial charge is 0.388 e. The first-order valence-electron chi connectivity index (χ1n) is 17.7. The molecule has 0 aromatic carbocycles. The van der Waals surface area contributed by atoms with Crippen molar-refractivity contribution in [3.05, 3.63) is 30.1 Å². The summed E-state index contributed by atoms with van der Waals surface area (Å²) in [6.45, 7) is 21.4. The van der Waals surface area contributed by atoms with Crippen molar-refractivity contribution >= 4 is 58.6 Å². The second-order valence-electron chi connectivity index (χ2n) is 12.2. The zero-order valence-electron chi connectivity index (χ0n) is 39.2. The quantitative estimate of drug-likeness (QED) is 0.114. The van der Waals surface area contributed by atoms with Crippen molar-refractivity contribution in [2.75, 3.05) is 42.5 Å². The monoisotopic (exact) mass is 884 g/mol. The van der Waals surface area contributed by atoms with Gasteiger partial charge in [0, 0.05) is 107 Å². The van der Waals surface area contributed by atoms with E-state index in [1.165, 1.54) is 73.3 Å². The number of aromatic nitrogens is 5. The van der Waals surface area contributed by atoms with Crippen LogP contribution in [-0.4, -0.2) is 131 Å². The Bertz CT molecular complexity index is 1230. The topological polar surface area (TPSA) is 339 Å². The molecule has 1 saturated carbocycles. The number of amides is 7. The van der Waals surface area contributed by atoms with Gasteiger partial charge >= 0.3 is 0 Å². The SMILES string of the molecule is CC(=O)NC(C)(C)C.CC(=O)NC1CC1.CC(=O)NO.CC(N)=O.CNC(C)=O.CNC(C)=O.CNC(C)=S.COC.CONC(C)=O.Cc1ccn[nH]1.Cc1ncn[nH]1. The molecule has 1 aliphatic rings. The van der Waals surface area contributed by atoms with Crippen LogP contribution in [-0.2, 0) is 43.1 Å². The Morgan fingerprint density at radius 1 is 0.750 bits per heavy atom. The van der Waals surface area contributed by atoms with E-state index >= 15 is 0 Å². The van der Waals surface area contributed by atoms with Gasteiger partial charge in [0.2, 0.25) is 41.4 Å². The third-order valence-electron chi connectivity index (χ3n) is 4.17. The Morgan fingerprint density at radius 2 is 1.13 bits per heavy atom. The molecule has 0 aliphatic heterocycles. The Kier molecular flexibility index (Phi) is 64.1. The van der Waals surface area contributed by atoms with Crippen LogP contribution in [0.1, 0.15) is 101 Å². The van der Waals surface area contributed by atoms with Crippen molar-refractivity contribution in [3.8, 4) is 0 Å². The maximum absolute atomic E-state index is 10.3. The second kappa shape index (κ2) is 53.4. The van der Waals surface area contributed by atoms with Gasteiger partial charge < -0.3 is 37.1 Å². The van der Waals surface area contributed by atoms with Crippen LogP contribution >= 0.6 is 12.2 Å². The van der Waals surface area contributed by atoms with E-state index in [1.54, 1.807) is 41.4 Å². The van der Waals surface area contributed by atoms with Gasteiger partial charge in [-0.1, -0.05) is 12.2 Å². The van der Waals surface area contributed by atoms with E-state index in [1.807, 2.05) is 54.7 Å². The summed E-state index contributed by atoms with van der Waals surface area (Å²) in [5.41, 5.74) is 8.96. The number of nitrogens with two attached hydrogens (primary N) is 1. The molecule has 0 radical (unpaired) electrons. The lowest BCUT2D eigenvalue weighted by atomic mass is 10.1. The first-order valence-corrected chi connectivity index (χ1v) is 18.2. The summed E-state index contributed by atoms with van der Waals surface area (Å²) in [7, 11) is 9.65. The smallest absolute Gasteiger partial charge is 0.240 e. The molecule has 23 nitrogen and oxygen atoms in total. The molecule has 2 aromatic rings. The van der Waals surface area contributed by atoms with E-state index in [4.69, 9.17) is 5.21 Å². The molecule has 60 heavy (non-hydrogen) atoms. The number of rotatable bonds is 2. The van der Waals surface area contributed by atoms with Gasteiger partial charge in [0.1, 0.15) is 12.2 Å². The molecule has 352 valence electrons. The Balaban J connectivity index is -0.0000000833. The average Bonchev–Trinajstić information content (AvgIpc) is 3.54. The molecule has 2 aromatic heterocycles. The average molecular weight is 884 g/mol. The maximum Gasteiger partial charge on any atom is 0.240 e. The molecule has 24 heteroatoms. The van der Waals surface area contributed by atoms with Crippen LogP contribution in [0.3, 0.4) is 0 Å². The van der Waals surface area contributed by atoms with E-state index < -0.39 is 5.91 Å². The summed E-state index contributed by atoms with van der Waals surface area (Å²) in [5.74, 6) is 0.0347. The summed E-state index contributed by atoms with van der Waals surface area (Å²) < 4.78 is 4.25. The van der Waals surface area contributed by atoms with Crippen LogP contribution in [0.2, 0.25) is 0 Å². The molecule has 0 bridgehead atoms. The van der Waals surface area contributed by atoms with Gasteiger partial charge in [-0.25, -0.2) is 15.9 Å². The van der Waals surface area contributed by atoms with Crippen molar-refractivity contribution in [1.29, 1.82) is 0 Å². The number of ether oxygens (including phenoxy) is 1. The number of hydrogen-bond donors (Lipinski definition) is 11. The van der Waals surface area contributed by atoms with Crippen LogP contribution in [0.25, 0.3) is 0 Å². The van der Waals surface area contributed by atoms with Gasteiger partial charge in [-0.05, 0) is 60.5 Å². The summed E-state index contributed by atoms with van der Waals surface area (Å²) in [6, 6.07) is 2.44. The fraction of sp³-hybridized carbons (Fsp3) is 0.639. The molecule has 0 spiro atoms. The third kappa shape index (κ3) is 140. The van der Waals surface area contributed by atoms with Crippen LogP contribution in [0.5, 0.6) is 0 Å². The lowest BCUT2D eigenvalue weighted by molar-refractivity contribution is -0.129. The molecular formula is C36H77N13O10S. The summed E-state index contributed by atoms with van der Waals surface area (Å²) in [4.78, 5) is 77.2. The summed E-state index contributed by atoms with van der Waals surface area (Å²) in [5, 5.41) is 33.3. The number of nitrogens with one attached hydrogen (secondary N) is 9. The first kappa shape index (κ1) is 72.1. The Hall–Kier alpha value is -5.59. The zero-order valence-corrected chi connectivity index (χ0v) is 40.0. The van der Waals surface area contributed by atoms with Crippen molar-refractivity contribution in [1.82, 2.24) is 62.9 Å². The highest BCUT2D eigenvalue weighted by atomic mass is 32.1. The minimum atomic E-state index is -0.440. The highest BCUT2D eigenvalue weighted by molar-refractivity contribution is 7.80. The number of aromatic amines is 2. The van der Waals surface area contributed by atoms with Crippen molar-refractivity contribution in [2.45, 2.75) is 114 Å². The van der Waals surface area contributed by atoms with Crippen molar-refractivity contribution in [2.24, 2.45) is 5.73 Å². The van der Waals surface area contributed by atoms with Crippen LogP contribution < -0.4 is 43.3 Å². The van der Waals surface area contributed by atoms with Crippen LogP contribution in [0.4, 0.5) is 0 Å². The number of hydrogen-bond acceptors (Lipinski definition) is 14. The van der Waals surface area contributed by atoms with Crippen molar-refractivity contribution in [3.63, 3.8) is 0 Å². The molecule has 3 rings (SSSR count). The lowest BCUT2D eigenvalue weighted by Crippen LogP contribution is -2.38. The molecule has 0 saturated heterocycles. The molecule has 0 atom stereocenters. The highest BCUT2D eigenvalue weighted by Crippen LogP contribution is 2.17. The van der Waals surface area contributed by atoms with Gasteiger partial charge in [0.05, 0.1) is 12.1 Å². The van der Waals surface area contributed by atoms with E-state index in [-0.39, 0.29) is 41.0 Å². The number of nitrogens with zero attached hydrogens (tertiary/aromatic N) is 3. The lowest BCUT2D eigenvalue weighted by Gasteiger charge is -2.18. The fourth-order valence-electron chi connectivity index (χ4n) is 1.78. The van der Waals surface area contributed by atoms with E-state index in [0.29, 0.717) is 6.04 Å². The van der Waals surface area contributed by atoms with Crippen molar-refractivity contribution < 1.29 is 48.3 Å². The van der Waals surface area contributed by atoms with Gasteiger partial charge in [-0.3, -0.25) is 53.8 Å². The number of carbonyl (C=O) groups is 7. The number of H-pyrrole nitrogens is 2. The number of hydroxylamine groups is 2. The van der Waals surface area contributed by atoms with E-state index in [2.05, 4.69) is 85.0 Å². The summed E-state index contributed by atoms with van der Waals surface area (Å²) >= 11 is 4.59. The fourth-order valence-corrected chi connectivity index (χ4v) is 1.78. The molecule has 1 aliphatic carbocycles. The standard InChI is InChI=1S/C6H13NO.C5H9NO.C4H6N2.C3H5N3.C3H7NO2.2C3H7NO.C3H7NS.C2H5NO2.C2H5NO.C2H6O/c1-5(8)7-6(2,3)4;1-4(7)6-5-2-3-5;1-4-2-3-5-6-4;1-3-4-2-5-6-3;1-3(5)4-6-2;3*1-3(5)4-2;1-2(4)3-5;1-2(3)4;1-3-2/h1-4H3,(H,7,8);5H,2-3H2,1H3,(H,6,7);2-3H,1H3,(H,5,6);2H,1H3,(H,4,5,6);1-2H3,(H,4,5);3*1-2H3,(H,4,5);5H,1H3,(H,3,4);1H3,(H2,3,4);1-2H3. The first-order chi connectivity index (χ1) is 27.5. The minimum Gasteiger partial charge on any atom is -0.388 e. The molecular weight excluding hydrogens is 807 g/mol.